The van der Waals surface area contributed by atoms with Crippen LogP contribution in [0.5, 0.6) is 0 Å². The Morgan fingerprint density at radius 2 is 2.00 bits per heavy atom. The molecule has 18 heavy (non-hydrogen) atoms. The molecule has 2 N–H and O–H groups in total. The van der Waals surface area contributed by atoms with E-state index in [1.165, 1.54) is 0 Å². The van der Waals surface area contributed by atoms with Crippen LogP contribution in [0.25, 0.3) is 0 Å². The SMILES string of the molecule is CCCCNC(=O)Nc1ccc(SC(F)F)cc1. The van der Waals surface area contributed by atoms with Crippen LogP contribution in [0.3, 0.4) is 0 Å². The molecule has 0 aromatic heterocycles. The fourth-order valence-electron chi connectivity index (χ4n) is 1.27. The Labute approximate surface area is 109 Å². The quantitative estimate of drug-likeness (QED) is 0.609. The summed E-state index contributed by atoms with van der Waals surface area (Å²) in [6, 6.07) is 6.03. The fraction of sp³-hybridized carbons (Fsp3) is 0.417. The molecule has 6 heteroatoms. The topological polar surface area (TPSA) is 41.1 Å². The van der Waals surface area contributed by atoms with Gasteiger partial charge >= 0.3 is 6.03 Å². The molecule has 3 nitrogen and oxygen atoms in total. The predicted molar refractivity (Wildman–Crippen MR) is 70.2 cm³/mol. The minimum absolute atomic E-state index is 0.280. The Morgan fingerprint density at radius 3 is 2.56 bits per heavy atom. The van der Waals surface area contributed by atoms with Crippen molar-refractivity contribution in [2.75, 3.05) is 11.9 Å². The first-order valence-electron chi connectivity index (χ1n) is 5.71. The number of amides is 2. The zero-order chi connectivity index (χ0) is 13.4. The van der Waals surface area contributed by atoms with E-state index in [9.17, 15) is 13.6 Å². The van der Waals surface area contributed by atoms with Crippen molar-refractivity contribution in [1.29, 1.82) is 0 Å². The van der Waals surface area contributed by atoms with Crippen LogP contribution in [0.2, 0.25) is 0 Å². The smallest absolute Gasteiger partial charge is 0.319 e. The Kier molecular flexibility index (Phi) is 6.49. The number of urea groups is 1. The molecule has 2 amide bonds. The maximum absolute atomic E-state index is 12.1. The number of alkyl halides is 2. The molecular weight excluding hydrogens is 258 g/mol. The van der Waals surface area contributed by atoms with E-state index in [2.05, 4.69) is 10.6 Å². The number of hydrogen-bond donors (Lipinski definition) is 2. The van der Waals surface area contributed by atoms with E-state index in [-0.39, 0.29) is 6.03 Å². The molecule has 0 saturated heterocycles. The third-order valence-electron chi connectivity index (χ3n) is 2.15. The summed E-state index contributed by atoms with van der Waals surface area (Å²) in [5.41, 5.74) is 0.586. The van der Waals surface area contributed by atoms with E-state index in [0.717, 1.165) is 12.8 Å². The normalized spacial score (nSPS) is 10.4. The van der Waals surface area contributed by atoms with Gasteiger partial charge in [0.15, 0.2) is 0 Å². The first-order chi connectivity index (χ1) is 8.61. The number of thioether (sulfide) groups is 1. The van der Waals surface area contributed by atoms with Gasteiger partial charge in [-0.2, -0.15) is 8.78 Å². The summed E-state index contributed by atoms with van der Waals surface area (Å²) in [6.45, 7) is 2.67. The minimum atomic E-state index is -2.43. The Hall–Kier alpha value is -1.30. The summed E-state index contributed by atoms with van der Waals surface area (Å²) in [5, 5.41) is 5.34. The molecule has 0 spiro atoms. The molecule has 0 unspecified atom stereocenters. The average molecular weight is 274 g/mol. The second-order valence-corrected chi connectivity index (χ2v) is 4.70. The second-order valence-electron chi connectivity index (χ2n) is 3.64. The van der Waals surface area contributed by atoms with Crippen LogP contribution < -0.4 is 10.6 Å². The molecule has 0 radical (unpaired) electrons. The molecule has 0 aliphatic carbocycles. The number of hydrogen-bond acceptors (Lipinski definition) is 2. The molecule has 1 aromatic rings. The van der Waals surface area contributed by atoms with Gasteiger partial charge in [0.1, 0.15) is 0 Å². The molecule has 1 rings (SSSR count). The van der Waals surface area contributed by atoms with Gasteiger partial charge in [0.2, 0.25) is 0 Å². The maximum Gasteiger partial charge on any atom is 0.319 e. The molecule has 100 valence electrons. The highest BCUT2D eigenvalue weighted by molar-refractivity contribution is 7.99. The molecule has 0 aliphatic heterocycles. The van der Waals surface area contributed by atoms with Crippen molar-refractivity contribution < 1.29 is 13.6 Å². The van der Waals surface area contributed by atoms with Crippen LogP contribution in [-0.2, 0) is 0 Å². The van der Waals surface area contributed by atoms with Gasteiger partial charge < -0.3 is 10.6 Å². The fourth-order valence-corrected chi connectivity index (χ4v) is 1.77. The molecule has 0 saturated carbocycles. The molecule has 0 fully saturated rings. The van der Waals surface area contributed by atoms with E-state index in [0.29, 0.717) is 28.9 Å². The molecule has 0 aliphatic rings. The monoisotopic (exact) mass is 274 g/mol. The molecule has 0 bridgehead atoms. The molecule has 0 heterocycles. The van der Waals surface area contributed by atoms with E-state index < -0.39 is 5.76 Å². The Bertz CT molecular complexity index is 371. The summed E-state index contributed by atoms with van der Waals surface area (Å²) < 4.78 is 24.2. The first kappa shape index (κ1) is 14.8. The van der Waals surface area contributed by atoms with Crippen molar-refractivity contribution >= 4 is 23.5 Å². The Morgan fingerprint density at radius 1 is 1.33 bits per heavy atom. The molecular formula is C12H16F2N2OS. The highest BCUT2D eigenvalue weighted by Gasteiger charge is 2.05. The van der Waals surface area contributed by atoms with Gasteiger partial charge in [0.25, 0.3) is 5.76 Å². The zero-order valence-corrected chi connectivity index (χ0v) is 10.9. The largest absolute Gasteiger partial charge is 0.338 e. The summed E-state index contributed by atoms with van der Waals surface area (Å²) in [5.74, 6) is -2.43. The van der Waals surface area contributed by atoms with Crippen molar-refractivity contribution in [2.24, 2.45) is 0 Å². The standard InChI is InChI=1S/C12H16F2N2OS/c1-2-3-8-15-12(17)16-9-4-6-10(7-5-9)18-11(13)14/h4-7,11H,2-3,8H2,1H3,(H2,15,16,17). The number of anilines is 1. The van der Waals surface area contributed by atoms with Crippen molar-refractivity contribution in [3.8, 4) is 0 Å². The van der Waals surface area contributed by atoms with Crippen LogP contribution in [0.15, 0.2) is 29.2 Å². The summed E-state index contributed by atoms with van der Waals surface area (Å²) in [6.07, 6.45) is 1.94. The number of carbonyl (C=O) groups is 1. The lowest BCUT2D eigenvalue weighted by atomic mass is 10.3. The van der Waals surface area contributed by atoms with Gasteiger partial charge in [-0.25, -0.2) is 4.79 Å². The minimum Gasteiger partial charge on any atom is -0.338 e. The van der Waals surface area contributed by atoms with Crippen molar-refractivity contribution in [3.63, 3.8) is 0 Å². The van der Waals surface area contributed by atoms with E-state index in [4.69, 9.17) is 0 Å². The molecule has 0 atom stereocenters. The van der Waals surface area contributed by atoms with Crippen LogP contribution >= 0.6 is 11.8 Å². The van der Waals surface area contributed by atoms with Crippen molar-refractivity contribution in [3.05, 3.63) is 24.3 Å². The summed E-state index contributed by atoms with van der Waals surface area (Å²) in [7, 11) is 0. The van der Waals surface area contributed by atoms with Gasteiger partial charge in [-0.3, -0.25) is 0 Å². The van der Waals surface area contributed by atoms with E-state index in [1.54, 1.807) is 24.3 Å². The van der Waals surface area contributed by atoms with E-state index in [1.807, 2.05) is 6.92 Å². The van der Waals surface area contributed by atoms with Crippen LogP contribution in [0.4, 0.5) is 19.3 Å². The lowest BCUT2D eigenvalue weighted by Crippen LogP contribution is -2.29. The van der Waals surface area contributed by atoms with Crippen LogP contribution in [0, 0.1) is 0 Å². The number of benzene rings is 1. The van der Waals surface area contributed by atoms with Gasteiger partial charge in [0, 0.05) is 17.1 Å². The van der Waals surface area contributed by atoms with Gasteiger partial charge in [-0.15, -0.1) is 0 Å². The highest BCUT2D eigenvalue weighted by atomic mass is 32.2. The van der Waals surface area contributed by atoms with Gasteiger partial charge in [-0.1, -0.05) is 25.1 Å². The summed E-state index contributed by atoms with van der Waals surface area (Å²) in [4.78, 5) is 11.9. The van der Waals surface area contributed by atoms with E-state index >= 15 is 0 Å². The van der Waals surface area contributed by atoms with Gasteiger partial charge in [-0.05, 0) is 30.7 Å². The van der Waals surface area contributed by atoms with Crippen molar-refractivity contribution in [2.45, 2.75) is 30.4 Å². The zero-order valence-electron chi connectivity index (χ0n) is 10.1. The number of carbonyl (C=O) groups excluding carboxylic acids is 1. The average Bonchev–Trinajstić information content (AvgIpc) is 2.31. The first-order valence-corrected chi connectivity index (χ1v) is 6.59. The highest BCUT2D eigenvalue weighted by Crippen LogP contribution is 2.26. The maximum atomic E-state index is 12.1. The third kappa shape index (κ3) is 5.86. The lowest BCUT2D eigenvalue weighted by molar-refractivity contribution is 0.251. The number of rotatable bonds is 6. The Balaban J connectivity index is 2.40. The predicted octanol–water partition coefficient (Wildman–Crippen LogP) is 3.92. The van der Waals surface area contributed by atoms with Gasteiger partial charge in [0.05, 0.1) is 0 Å². The third-order valence-corrected chi connectivity index (χ3v) is 2.88. The lowest BCUT2D eigenvalue weighted by Gasteiger charge is -2.07. The summed E-state index contributed by atoms with van der Waals surface area (Å²) >= 11 is 0.481. The van der Waals surface area contributed by atoms with Crippen LogP contribution in [-0.4, -0.2) is 18.3 Å². The number of unbranched alkanes of at least 4 members (excludes halogenated alkanes) is 1. The second kappa shape index (κ2) is 7.92. The number of halogens is 2. The van der Waals surface area contributed by atoms with Crippen LogP contribution in [0.1, 0.15) is 19.8 Å². The van der Waals surface area contributed by atoms with Crippen molar-refractivity contribution in [1.82, 2.24) is 5.32 Å². The molecule has 1 aromatic carbocycles. The number of nitrogens with one attached hydrogen (secondary N) is 2.